The van der Waals surface area contributed by atoms with Gasteiger partial charge in [-0.15, -0.1) is 0 Å². The summed E-state index contributed by atoms with van der Waals surface area (Å²) in [7, 11) is 0. The van der Waals surface area contributed by atoms with E-state index in [9.17, 15) is 0 Å². The lowest BCUT2D eigenvalue weighted by Crippen LogP contribution is -2.21. The summed E-state index contributed by atoms with van der Waals surface area (Å²) in [5, 5.41) is 0. The molecule has 0 amide bonds. The molecule has 0 spiro atoms. The van der Waals surface area contributed by atoms with Crippen LogP contribution in [0.4, 0.5) is 0 Å². The molecule has 0 heterocycles. The van der Waals surface area contributed by atoms with Crippen molar-refractivity contribution in [2.45, 2.75) is 39.5 Å². The van der Waals surface area contributed by atoms with Gasteiger partial charge in [0.15, 0.2) is 0 Å². The summed E-state index contributed by atoms with van der Waals surface area (Å²) < 4.78 is 0. The van der Waals surface area contributed by atoms with Gasteiger partial charge in [-0.05, 0) is 31.6 Å². The van der Waals surface area contributed by atoms with Crippen LogP contribution in [0.25, 0.3) is 0 Å². The second-order valence-electron chi connectivity index (χ2n) is 3.98. The van der Waals surface area contributed by atoms with Crippen molar-refractivity contribution in [2.24, 2.45) is 11.8 Å². The molecule has 0 radical (unpaired) electrons. The molecule has 0 fully saturated rings. The molecule has 0 saturated carbocycles. The predicted molar refractivity (Wildman–Crippen MR) is 53.0 cm³/mol. The number of hydrogen-bond acceptors (Lipinski definition) is 0. The molecule has 66 valence electrons. The van der Waals surface area contributed by atoms with Gasteiger partial charge < -0.3 is 0 Å². The number of hydrogen-bond donors (Lipinski definition) is 0. The zero-order chi connectivity index (χ0) is 8.55. The van der Waals surface area contributed by atoms with Crippen LogP contribution in [-0.4, -0.2) is 0 Å². The van der Waals surface area contributed by atoms with Gasteiger partial charge in [0.25, 0.3) is 0 Å². The minimum absolute atomic E-state index is 0.792. The van der Waals surface area contributed by atoms with E-state index >= 15 is 0 Å². The van der Waals surface area contributed by atoms with Crippen molar-refractivity contribution < 1.29 is 0 Å². The first kappa shape index (κ1) is 8.10. The average Bonchev–Trinajstić information content (AvgIpc) is 2.18. The summed E-state index contributed by atoms with van der Waals surface area (Å²) in [4.78, 5) is 0. The SMILES string of the molecule is CCC1=CC2C=C(CC)C1CC2. The maximum atomic E-state index is 2.51. The minimum atomic E-state index is 0.792. The normalized spacial score (nSPS) is 33.2. The smallest absolute Gasteiger partial charge is 0.000745 e. The Bertz CT molecular complexity index is 210. The minimum Gasteiger partial charge on any atom is -0.0778 e. The van der Waals surface area contributed by atoms with E-state index in [0.29, 0.717) is 0 Å². The van der Waals surface area contributed by atoms with E-state index in [1.54, 1.807) is 11.1 Å². The molecule has 3 rings (SSSR count). The third-order valence-corrected chi connectivity index (χ3v) is 3.36. The van der Waals surface area contributed by atoms with Crippen LogP contribution in [0.15, 0.2) is 23.3 Å². The molecular formula is C12H18. The van der Waals surface area contributed by atoms with Crippen LogP contribution in [0.1, 0.15) is 39.5 Å². The average molecular weight is 162 g/mol. The maximum Gasteiger partial charge on any atom is 0.000745 e. The van der Waals surface area contributed by atoms with Gasteiger partial charge in [0, 0.05) is 5.92 Å². The van der Waals surface area contributed by atoms with Crippen molar-refractivity contribution >= 4 is 0 Å². The largest absolute Gasteiger partial charge is 0.0778 e. The van der Waals surface area contributed by atoms with Gasteiger partial charge >= 0.3 is 0 Å². The van der Waals surface area contributed by atoms with Crippen molar-refractivity contribution in [2.75, 3.05) is 0 Å². The zero-order valence-corrected chi connectivity index (χ0v) is 8.14. The molecule has 0 aromatic carbocycles. The van der Waals surface area contributed by atoms with Crippen LogP contribution in [0.3, 0.4) is 0 Å². The summed E-state index contributed by atoms with van der Waals surface area (Å²) in [5.41, 5.74) is 3.43. The Morgan fingerprint density at radius 1 is 1.08 bits per heavy atom. The Labute approximate surface area is 75.4 Å². The number of rotatable bonds is 2. The van der Waals surface area contributed by atoms with Gasteiger partial charge in [-0.1, -0.05) is 37.1 Å². The molecule has 0 N–H and O–H groups in total. The van der Waals surface area contributed by atoms with Crippen LogP contribution in [0, 0.1) is 11.8 Å². The molecule has 0 atom stereocenters. The summed E-state index contributed by atoms with van der Waals surface area (Å²) in [6.07, 6.45) is 10.4. The maximum absolute atomic E-state index is 2.51. The van der Waals surface area contributed by atoms with E-state index in [1.807, 2.05) is 0 Å². The third kappa shape index (κ3) is 1.14. The van der Waals surface area contributed by atoms with Crippen LogP contribution in [-0.2, 0) is 0 Å². The van der Waals surface area contributed by atoms with Crippen molar-refractivity contribution in [3.05, 3.63) is 23.3 Å². The lowest BCUT2D eigenvalue weighted by molar-refractivity contribution is 0.462. The fraction of sp³-hybridized carbons (Fsp3) is 0.667. The third-order valence-electron chi connectivity index (χ3n) is 3.36. The van der Waals surface area contributed by atoms with Crippen LogP contribution in [0.2, 0.25) is 0 Å². The van der Waals surface area contributed by atoms with Gasteiger partial charge in [0.1, 0.15) is 0 Å². The van der Waals surface area contributed by atoms with Gasteiger partial charge in [0.2, 0.25) is 0 Å². The fourth-order valence-corrected chi connectivity index (χ4v) is 2.69. The highest BCUT2D eigenvalue weighted by Gasteiger charge is 2.28. The first-order valence-electron chi connectivity index (χ1n) is 5.26. The monoisotopic (exact) mass is 162 g/mol. The Hall–Kier alpha value is -0.520. The molecule has 0 aromatic heterocycles. The molecule has 0 heteroatoms. The summed E-state index contributed by atoms with van der Waals surface area (Å²) in [6, 6.07) is 0. The highest BCUT2D eigenvalue weighted by atomic mass is 14.3. The quantitative estimate of drug-likeness (QED) is 0.543. The Kier molecular flexibility index (Phi) is 2.08. The Balaban J connectivity index is 2.25. The highest BCUT2D eigenvalue weighted by molar-refractivity contribution is 5.32. The van der Waals surface area contributed by atoms with Crippen LogP contribution < -0.4 is 0 Å². The molecule has 12 heavy (non-hydrogen) atoms. The Morgan fingerprint density at radius 2 is 1.67 bits per heavy atom. The molecule has 0 aromatic rings. The van der Waals surface area contributed by atoms with Crippen molar-refractivity contribution in [3.8, 4) is 0 Å². The molecule has 0 nitrogen and oxygen atoms in total. The van der Waals surface area contributed by atoms with Crippen molar-refractivity contribution in [3.63, 3.8) is 0 Å². The van der Waals surface area contributed by atoms with Gasteiger partial charge in [-0.2, -0.15) is 0 Å². The van der Waals surface area contributed by atoms with E-state index in [4.69, 9.17) is 0 Å². The molecule has 2 bridgehead atoms. The van der Waals surface area contributed by atoms with Crippen LogP contribution in [0.5, 0.6) is 0 Å². The van der Waals surface area contributed by atoms with Crippen LogP contribution >= 0.6 is 0 Å². The van der Waals surface area contributed by atoms with Gasteiger partial charge in [-0.25, -0.2) is 0 Å². The Morgan fingerprint density at radius 3 is 2.08 bits per heavy atom. The van der Waals surface area contributed by atoms with E-state index in [1.165, 1.54) is 25.7 Å². The first-order valence-corrected chi connectivity index (χ1v) is 5.26. The zero-order valence-electron chi connectivity index (χ0n) is 8.14. The highest BCUT2D eigenvalue weighted by Crippen LogP contribution is 2.42. The molecule has 0 unspecified atom stereocenters. The van der Waals surface area contributed by atoms with E-state index in [2.05, 4.69) is 26.0 Å². The summed E-state index contributed by atoms with van der Waals surface area (Å²) >= 11 is 0. The van der Waals surface area contributed by atoms with E-state index in [0.717, 1.165) is 11.8 Å². The molecule has 3 aliphatic rings. The fourth-order valence-electron chi connectivity index (χ4n) is 2.69. The van der Waals surface area contributed by atoms with Crippen molar-refractivity contribution in [1.82, 2.24) is 0 Å². The van der Waals surface area contributed by atoms with Gasteiger partial charge in [-0.3, -0.25) is 0 Å². The number of allylic oxidation sites excluding steroid dienone is 4. The summed E-state index contributed by atoms with van der Waals surface area (Å²) in [5.74, 6) is 1.63. The van der Waals surface area contributed by atoms with E-state index < -0.39 is 0 Å². The molecule has 0 aliphatic heterocycles. The lowest BCUT2D eigenvalue weighted by atomic mass is 9.70. The molecule has 3 aliphatic carbocycles. The van der Waals surface area contributed by atoms with E-state index in [-0.39, 0.29) is 0 Å². The first-order chi connectivity index (χ1) is 5.85. The van der Waals surface area contributed by atoms with Crippen molar-refractivity contribution in [1.29, 1.82) is 0 Å². The second-order valence-corrected chi connectivity index (χ2v) is 3.98. The standard InChI is InChI=1S/C12H18/c1-3-10-7-9-5-6-12(10)11(4-2)8-9/h7-9,12H,3-6H2,1-2H3. The lowest BCUT2D eigenvalue weighted by Gasteiger charge is -2.35. The summed E-state index contributed by atoms with van der Waals surface area (Å²) in [6.45, 7) is 4.58. The topological polar surface area (TPSA) is 0 Å². The molecular weight excluding hydrogens is 144 g/mol. The second kappa shape index (κ2) is 3.08. The van der Waals surface area contributed by atoms with Gasteiger partial charge in [0.05, 0.1) is 0 Å². The predicted octanol–water partition coefficient (Wildman–Crippen LogP) is 3.70. The molecule has 0 saturated heterocycles. The number of fused-ring (bicyclic) bond motifs is 1.